The van der Waals surface area contributed by atoms with E-state index in [1.165, 1.54) is 16.7 Å². The topological polar surface area (TPSA) is 109 Å². The van der Waals surface area contributed by atoms with E-state index in [-0.39, 0.29) is 58.0 Å². The third-order valence-corrected chi connectivity index (χ3v) is 13.1. The van der Waals surface area contributed by atoms with Crippen molar-refractivity contribution in [3.63, 3.8) is 0 Å². The monoisotopic (exact) mass is 634 g/mol. The molecule has 0 aliphatic carbocycles. The van der Waals surface area contributed by atoms with E-state index in [0.717, 1.165) is 10.5 Å². The van der Waals surface area contributed by atoms with Gasteiger partial charge in [0.2, 0.25) is 0 Å². The number of piperazine rings is 1. The first-order chi connectivity index (χ1) is 18.0. The number of hydrogen-bond acceptors (Lipinski definition) is 8. The molecule has 0 bridgehead atoms. The van der Waals surface area contributed by atoms with Gasteiger partial charge in [0.05, 0.1) is 0 Å². The summed E-state index contributed by atoms with van der Waals surface area (Å²) in [7, 11) is 1.79. The van der Waals surface area contributed by atoms with Crippen LogP contribution in [0, 0.1) is 0 Å². The zero-order chi connectivity index (χ0) is 27.9. The van der Waals surface area contributed by atoms with E-state index in [0.29, 0.717) is 19.0 Å². The number of carbonyl (C=O) groups excluding carboxylic acids is 2. The number of methoxy groups -OCH3 is 1. The second kappa shape index (κ2) is 14.1. The van der Waals surface area contributed by atoms with E-state index in [4.69, 9.17) is 14.2 Å². The first-order valence-electron chi connectivity index (χ1n) is 13.0. The molecule has 38 heavy (non-hydrogen) atoms. The van der Waals surface area contributed by atoms with Crippen molar-refractivity contribution in [2.45, 2.75) is 60.0 Å². The zero-order valence-corrected chi connectivity index (χ0v) is 26.5. The average molecular weight is 634 g/mol. The van der Waals surface area contributed by atoms with Crippen LogP contribution >= 0.6 is 11.8 Å². The van der Waals surface area contributed by atoms with E-state index >= 15 is 0 Å². The summed E-state index contributed by atoms with van der Waals surface area (Å²) in [4.78, 5) is 28.6. The van der Waals surface area contributed by atoms with Crippen LogP contribution < -0.4 is 4.46 Å². The van der Waals surface area contributed by atoms with Crippen molar-refractivity contribution in [2.24, 2.45) is 0 Å². The third kappa shape index (κ3) is 7.41. The number of likely N-dealkylation sites (N-methyl/N-ethyl adjacent to an activating group) is 1. The van der Waals surface area contributed by atoms with Gasteiger partial charge in [0.15, 0.2) is 0 Å². The molecular weight excluding hydrogens is 591 g/mol. The number of thioether (sulfide) groups is 1. The summed E-state index contributed by atoms with van der Waals surface area (Å²) >= 11 is 1.20. The maximum atomic E-state index is 13.7. The Hall–Kier alpha value is -0.954. The van der Waals surface area contributed by atoms with Crippen molar-refractivity contribution in [2.75, 3.05) is 53.1 Å². The van der Waals surface area contributed by atoms with Crippen molar-refractivity contribution in [3.05, 3.63) is 30.3 Å². The summed E-state index contributed by atoms with van der Waals surface area (Å²) in [5.41, 5.74) is 0. The minimum atomic E-state index is -1.41. The molecule has 2 aliphatic rings. The fourth-order valence-electron chi connectivity index (χ4n) is 4.84. The molecular formula is C26H42N2O7SSeSi. The second-order valence-corrected chi connectivity index (χ2v) is 20.6. The second-order valence-electron chi connectivity index (χ2n) is 10.9. The van der Waals surface area contributed by atoms with Crippen LogP contribution in [0.2, 0.25) is 30.5 Å². The number of carbonyl (C=O) groups is 2. The van der Waals surface area contributed by atoms with Gasteiger partial charge in [-0.15, -0.1) is 0 Å². The minimum absolute atomic E-state index is 0.0480. The molecule has 0 spiro atoms. The summed E-state index contributed by atoms with van der Waals surface area (Å²) in [6, 6.07) is 10.3. The zero-order valence-electron chi connectivity index (χ0n) is 23.0. The van der Waals surface area contributed by atoms with Crippen LogP contribution in [0.3, 0.4) is 0 Å². The predicted octanol–water partition coefficient (Wildman–Crippen LogP) is 1.00. The number of hydrogen-bond donors (Lipinski definition) is 2. The van der Waals surface area contributed by atoms with Crippen LogP contribution in [0.15, 0.2) is 30.3 Å². The van der Waals surface area contributed by atoms with E-state index in [9.17, 15) is 19.8 Å². The SMILES string of the molecule is COCCOCO[C@@H](C(CO)[Se]c1ccccc1)[C@@H]1C[C@H](O)[C@@]2(SCC[Si](C)(C)C)C(=O)N(C)CC(=O)N12. The van der Waals surface area contributed by atoms with Crippen LogP contribution in [0.4, 0.5) is 0 Å². The van der Waals surface area contributed by atoms with Gasteiger partial charge in [-0.2, -0.15) is 0 Å². The van der Waals surface area contributed by atoms with Gasteiger partial charge in [0.25, 0.3) is 0 Å². The van der Waals surface area contributed by atoms with Crippen molar-refractivity contribution < 1.29 is 34.0 Å². The quantitative estimate of drug-likeness (QED) is 0.168. The van der Waals surface area contributed by atoms with Gasteiger partial charge >= 0.3 is 238 Å². The molecule has 2 heterocycles. The Labute approximate surface area is 237 Å². The molecule has 0 aromatic heterocycles. The molecule has 2 aliphatic heterocycles. The first-order valence-corrected chi connectivity index (χ1v) is 19.5. The van der Waals surface area contributed by atoms with Gasteiger partial charge in [-0.1, -0.05) is 0 Å². The molecule has 9 nitrogen and oxygen atoms in total. The molecule has 2 N–H and O–H groups in total. The molecule has 12 heteroatoms. The maximum absolute atomic E-state index is 13.7. The molecule has 0 saturated carbocycles. The molecule has 2 amide bonds. The molecule has 1 unspecified atom stereocenters. The van der Waals surface area contributed by atoms with Crippen LogP contribution in [0.5, 0.6) is 0 Å². The molecule has 214 valence electrons. The van der Waals surface area contributed by atoms with E-state index in [1.54, 1.807) is 19.1 Å². The molecule has 0 radical (unpaired) electrons. The number of nitrogens with zero attached hydrogens (tertiary/aromatic N) is 2. The number of rotatable bonds is 15. The number of aliphatic hydroxyl groups excluding tert-OH is 2. The van der Waals surface area contributed by atoms with Gasteiger partial charge in [-0.05, 0) is 0 Å². The summed E-state index contributed by atoms with van der Waals surface area (Å²) in [6.07, 6.45) is -1.49. The van der Waals surface area contributed by atoms with Gasteiger partial charge in [0.1, 0.15) is 0 Å². The molecule has 2 saturated heterocycles. The normalized spacial score (nSPS) is 25.6. The fraction of sp³-hybridized carbons (Fsp3) is 0.692. The Balaban J connectivity index is 1.94. The van der Waals surface area contributed by atoms with Crippen LogP contribution in [0.25, 0.3) is 0 Å². The molecule has 1 aromatic carbocycles. The molecule has 3 rings (SSSR count). The van der Waals surface area contributed by atoms with Crippen molar-refractivity contribution >= 4 is 51.1 Å². The Morgan fingerprint density at radius 2 is 1.92 bits per heavy atom. The Kier molecular flexibility index (Phi) is 11.7. The van der Waals surface area contributed by atoms with Crippen LogP contribution in [-0.4, -0.2) is 131 Å². The van der Waals surface area contributed by atoms with E-state index in [1.807, 2.05) is 30.3 Å². The number of amides is 2. The number of benzene rings is 1. The fourth-order valence-corrected chi connectivity index (χ4v) is 11.3. The number of aliphatic hydroxyl groups is 2. The van der Waals surface area contributed by atoms with Crippen molar-refractivity contribution in [1.29, 1.82) is 0 Å². The molecule has 5 atom stereocenters. The van der Waals surface area contributed by atoms with Gasteiger partial charge in [-0.3, -0.25) is 0 Å². The Morgan fingerprint density at radius 3 is 2.55 bits per heavy atom. The van der Waals surface area contributed by atoms with E-state index < -0.39 is 31.2 Å². The Bertz CT molecular complexity index is 925. The van der Waals surface area contributed by atoms with Gasteiger partial charge in [0, 0.05) is 0 Å². The average Bonchev–Trinajstić information content (AvgIpc) is 3.16. The standard InChI is InChI=1S/C26H42N2O7SSeSi/c1-27-16-23(31)28-20(15-22(30)26(28,25(27)32)36-13-14-38(3,4)5)24(35-18-34-12-11-33-2)21(17-29)37-19-9-7-6-8-10-19/h6-10,20-22,24,29-30H,11-18H2,1-5H3/t20-,21?,22-,24+,26+/m0/s1. The predicted molar refractivity (Wildman–Crippen MR) is 152 cm³/mol. The molecule has 2 fully saturated rings. The van der Waals surface area contributed by atoms with E-state index in [2.05, 4.69) is 19.6 Å². The summed E-state index contributed by atoms with van der Waals surface area (Å²) in [5.74, 6) is 0.204. The third-order valence-electron chi connectivity index (χ3n) is 6.81. The summed E-state index contributed by atoms with van der Waals surface area (Å²) < 4.78 is 18.0. The van der Waals surface area contributed by atoms with Gasteiger partial charge in [-0.25, -0.2) is 0 Å². The van der Waals surface area contributed by atoms with Gasteiger partial charge < -0.3 is 0 Å². The number of fused-ring (bicyclic) bond motifs is 1. The van der Waals surface area contributed by atoms with Crippen LogP contribution in [-0.2, 0) is 23.8 Å². The first kappa shape index (κ1) is 31.6. The molecule has 1 aromatic rings. The number of ether oxygens (including phenoxy) is 3. The van der Waals surface area contributed by atoms with Crippen molar-refractivity contribution in [3.8, 4) is 0 Å². The van der Waals surface area contributed by atoms with Crippen molar-refractivity contribution in [1.82, 2.24) is 9.80 Å². The summed E-state index contributed by atoms with van der Waals surface area (Å²) in [5, 5.41) is 22.0. The summed E-state index contributed by atoms with van der Waals surface area (Å²) in [6.45, 7) is 7.29. The van der Waals surface area contributed by atoms with Crippen LogP contribution in [0.1, 0.15) is 6.42 Å². The Morgan fingerprint density at radius 1 is 1.21 bits per heavy atom.